The lowest BCUT2D eigenvalue weighted by molar-refractivity contribution is 0.151. The molecule has 128 valence electrons. The number of likely N-dealkylation sites (N-methyl/N-ethyl adjacent to an activating group) is 1. The molecule has 6 nitrogen and oxygen atoms in total. The van der Waals surface area contributed by atoms with Crippen LogP contribution in [-0.4, -0.2) is 53.3 Å². The third kappa shape index (κ3) is 2.13. The number of hydrogen-bond donors (Lipinski definition) is 0. The molecule has 0 N–H and O–H groups in total. The smallest absolute Gasteiger partial charge is 0.296 e. The lowest BCUT2D eigenvalue weighted by Gasteiger charge is -2.47. The Kier molecular flexibility index (Phi) is 3.51. The van der Waals surface area contributed by atoms with Gasteiger partial charge in [0.05, 0.1) is 22.4 Å². The number of pyridine rings is 2. The summed E-state index contributed by atoms with van der Waals surface area (Å²) in [6.07, 6.45) is 0. The molecule has 4 rings (SSSR count). The van der Waals surface area contributed by atoms with Gasteiger partial charge >= 0.3 is 0 Å². The molecule has 2 aliphatic heterocycles. The van der Waals surface area contributed by atoms with Gasteiger partial charge in [0.25, 0.3) is 5.56 Å². The highest BCUT2D eigenvalue weighted by Gasteiger charge is 2.37. The van der Waals surface area contributed by atoms with Crippen molar-refractivity contribution in [2.75, 3.05) is 31.6 Å². The molecule has 0 radical (unpaired) electrons. The van der Waals surface area contributed by atoms with Gasteiger partial charge in [0.1, 0.15) is 12.3 Å². The Morgan fingerprint density at radius 2 is 2.08 bits per heavy atom. The van der Waals surface area contributed by atoms with Gasteiger partial charge in [-0.15, -0.1) is 0 Å². The Balaban J connectivity index is 2.02. The number of rotatable bonds is 0. The van der Waals surface area contributed by atoms with Crippen molar-refractivity contribution >= 4 is 28.3 Å². The number of piperazine rings is 1. The number of ether oxygens (including phenoxy) is 1. The maximum absolute atomic E-state index is 12.8. The number of aryl methyl sites for hydroxylation is 2. The van der Waals surface area contributed by atoms with Crippen LogP contribution in [0.4, 0.5) is 5.69 Å². The summed E-state index contributed by atoms with van der Waals surface area (Å²) < 4.78 is 7.45. The van der Waals surface area contributed by atoms with Crippen LogP contribution < -0.4 is 15.2 Å². The first-order chi connectivity index (χ1) is 11.4. The van der Waals surface area contributed by atoms with Gasteiger partial charge in [0.2, 0.25) is 5.75 Å². The summed E-state index contributed by atoms with van der Waals surface area (Å²) in [6, 6.07) is 2.54. The fourth-order valence-electron chi connectivity index (χ4n) is 3.67. The van der Waals surface area contributed by atoms with E-state index < -0.39 is 0 Å². The molecule has 0 bridgehead atoms. The quantitative estimate of drug-likeness (QED) is 0.726. The Morgan fingerprint density at radius 1 is 1.33 bits per heavy atom. The molecule has 4 heterocycles. The second-order valence-corrected chi connectivity index (χ2v) is 7.28. The molecule has 24 heavy (non-hydrogen) atoms. The van der Waals surface area contributed by atoms with Gasteiger partial charge < -0.3 is 9.64 Å². The molecule has 0 saturated carbocycles. The van der Waals surface area contributed by atoms with Crippen LogP contribution in [0, 0.1) is 6.92 Å². The molecule has 2 aromatic heterocycles. The van der Waals surface area contributed by atoms with Gasteiger partial charge in [0.15, 0.2) is 0 Å². The molecule has 1 saturated heterocycles. The van der Waals surface area contributed by atoms with Gasteiger partial charge in [0, 0.05) is 31.6 Å². The SMILES string of the molecule is Cc1nc2c(cc1Cl)c1c(c(=O)n2C)OCC2CN(C)C(C)CN12. The zero-order valence-corrected chi connectivity index (χ0v) is 15.1. The maximum Gasteiger partial charge on any atom is 0.296 e. The number of anilines is 1. The summed E-state index contributed by atoms with van der Waals surface area (Å²) in [5.74, 6) is 0.416. The minimum Gasteiger partial charge on any atom is -0.484 e. The highest BCUT2D eigenvalue weighted by Crippen LogP contribution is 2.39. The van der Waals surface area contributed by atoms with E-state index in [9.17, 15) is 4.79 Å². The normalized spacial score (nSPS) is 23.8. The number of aromatic nitrogens is 2. The fraction of sp³-hybridized carbons (Fsp3) is 0.529. The van der Waals surface area contributed by atoms with E-state index in [1.807, 2.05) is 13.0 Å². The zero-order chi connectivity index (χ0) is 17.2. The first-order valence-corrected chi connectivity index (χ1v) is 8.55. The van der Waals surface area contributed by atoms with Crippen molar-refractivity contribution in [3.05, 3.63) is 27.1 Å². The van der Waals surface area contributed by atoms with E-state index in [1.54, 1.807) is 11.6 Å². The number of hydrogen-bond acceptors (Lipinski definition) is 5. The first kappa shape index (κ1) is 15.7. The molecule has 2 atom stereocenters. The standard InChI is InChI=1S/C17H21ClN4O2/c1-9-6-22-11(7-20(9)3)8-24-15-14(22)12-5-13(18)10(2)19-16(12)21(4)17(15)23/h5,9,11H,6-8H2,1-4H3. The summed E-state index contributed by atoms with van der Waals surface area (Å²) in [4.78, 5) is 22.0. The van der Waals surface area contributed by atoms with Gasteiger partial charge in [-0.05, 0) is 27.0 Å². The van der Waals surface area contributed by atoms with Gasteiger partial charge in [-0.2, -0.15) is 0 Å². The minimum absolute atomic E-state index is 0.142. The van der Waals surface area contributed by atoms with Crippen molar-refractivity contribution in [2.45, 2.75) is 25.9 Å². The molecule has 2 aromatic rings. The van der Waals surface area contributed by atoms with Crippen molar-refractivity contribution in [1.29, 1.82) is 0 Å². The van der Waals surface area contributed by atoms with E-state index in [-0.39, 0.29) is 11.6 Å². The van der Waals surface area contributed by atoms with E-state index in [1.165, 1.54) is 0 Å². The highest BCUT2D eigenvalue weighted by atomic mass is 35.5. The van der Waals surface area contributed by atoms with Crippen LogP contribution in [0.2, 0.25) is 5.02 Å². The average molecular weight is 349 g/mol. The lowest BCUT2D eigenvalue weighted by atomic mass is 10.0. The molecular weight excluding hydrogens is 328 g/mol. The fourth-order valence-corrected chi connectivity index (χ4v) is 3.82. The molecule has 2 aliphatic rings. The zero-order valence-electron chi connectivity index (χ0n) is 14.3. The Hall–Kier alpha value is -1.79. The van der Waals surface area contributed by atoms with Crippen LogP contribution in [-0.2, 0) is 7.05 Å². The molecule has 0 spiro atoms. The largest absolute Gasteiger partial charge is 0.484 e. The monoisotopic (exact) mass is 348 g/mol. The first-order valence-electron chi connectivity index (χ1n) is 8.18. The molecule has 2 unspecified atom stereocenters. The molecule has 0 amide bonds. The summed E-state index contributed by atoms with van der Waals surface area (Å²) in [7, 11) is 3.86. The van der Waals surface area contributed by atoms with E-state index >= 15 is 0 Å². The summed E-state index contributed by atoms with van der Waals surface area (Å²) in [5.41, 5.74) is 2.08. The molecule has 7 heteroatoms. The third-order valence-corrected chi connectivity index (χ3v) is 5.66. The van der Waals surface area contributed by atoms with Crippen molar-refractivity contribution < 1.29 is 4.74 Å². The van der Waals surface area contributed by atoms with Crippen LogP contribution in [0.25, 0.3) is 11.0 Å². The molecule has 1 fully saturated rings. The third-order valence-electron chi connectivity index (χ3n) is 5.28. The maximum atomic E-state index is 12.8. The predicted octanol–water partition coefficient (Wildman–Crippen LogP) is 1.80. The number of fused-ring (bicyclic) bond motifs is 5. The average Bonchev–Trinajstić information content (AvgIpc) is 2.55. The lowest BCUT2D eigenvalue weighted by Crippen LogP contribution is -2.60. The Morgan fingerprint density at radius 3 is 2.83 bits per heavy atom. The van der Waals surface area contributed by atoms with Crippen LogP contribution in [0.3, 0.4) is 0 Å². The van der Waals surface area contributed by atoms with Crippen LogP contribution >= 0.6 is 11.6 Å². The van der Waals surface area contributed by atoms with E-state index in [4.69, 9.17) is 16.3 Å². The summed E-state index contributed by atoms with van der Waals surface area (Å²) in [6.45, 7) is 6.33. The van der Waals surface area contributed by atoms with Gasteiger partial charge in [-0.1, -0.05) is 11.6 Å². The van der Waals surface area contributed by atoms with Crippen molar-refractivity contribution in [3.63, 3.8) is 0 Å². The highest BCUT2D eigenvalue weighted by molar-refractivity contribution is 6.32. The van der Waals surface area contributed by atoms with Crippen LogP contribution in [0.5, 0.6) is 5.75 Å². The van der Waals surface area contributed by atoms with Crippen LogP contribution in [0.1, 0.15) is 12.6 Å². The second-order valence-electron chi connectivity index (χ2n) is 6.87. The molecule has 0 aliphatic carbocycles. The summed E-state index contributed by atoms with van der Waals surface area (Å²) >= 11 is 6.33. The topological polar surface area (TPSA) is 50.6 Å². The second kappa shape index (κ2) is 5.36. The Labute approximate surface area is 145 Å². The van der Waals surface area contributed by atoms with Gasteiger partial charge in [-0.3, -0.25) is 14.3 Å². The summed E-state index contributed by atoms with van der Waals surface area (Å²) in [5, 5.41) is 1.48. The van der Waals surface area contributed by atoms with Crippen molar-refractivity contribution in [3.8, 4) is 5.75 Å². The van der Waals surface area contributed by atoms with Crippen LogP contribution in [0.15, 0.2) is 10.9 Å². The van der Waals surface area contributed by atoms with E-state index in [0.29, 0.717) is 29.1 Å². The molecule has 0 aromatic carbocycles. The van der Waals surface area contributed by atoms with Gasteiger partial charge in [-0.25, -0.2) is 4.98 Å². The minimum atomic E-state index is -0.142. The van der Waals surface area contributed by atoms with Crippen molar-refractivity contribution in [2.24, 2.45) is 7.05 Å². The predicted molar refractivity (Wildman–Crippen MR) is 95.5 cm³/mol. The number of nitrogens with zero attached hydrogens (tertiary/aromatic N) is 4. The number of halogens is 1. The van der Waals surface area contributed by atoms with Crippen molar-refractivity contribution in [1.82, 2.24) is 14.5 Å². The van der Waals surface area contributed by atoms with E-state index in [0.717, 1.165) is 29.9 Å². The molecular formula is C17H21ClN4O2. The van der Waals surface area contributed by atoms with E-state index in [2.05, 4.69) is 28.8 Å². The Bertz CT molecular complexity index is 895.